The van der Waals surface area contributed by atoms with Crippen molar-refractivity contribution in [3.05, 3.63) is 158 Å². The van der Waals surface area contributed by atoms with E-state index in [-0.39, 0.29) is 0 Å². The molecule has 0 fully saturated rings. The summed E-state index contributed by atoms with van der Waals surface area (Å²) in [5.74, 6) is 0. The maximum absolute atomic E-state index is 6.70. The smallest absolute Gasteiger partial charge is 0.144 e. The molecule has 0 unspecified atom stereocenters. The Balaban J connectivity index is 1.15. The van der Waals surface area contributed by atoms with E-state index in [0.717, 1.165) is 60.2 Å². The summed E-state index contributed by atoms with van der Waals surface area (Å²) < 4.78 is 15.9. The summed E-state index contributed by atoms with van der Waals surface area (Å²) in [7, 11) is 0. The van der Waals surface area contributed by atoms with Crippen molar-refractivity contribution in [2.24, 2.45) is 0 Å². The van der Waals surface area contributed by atoms with E-state index in [0.29, 0.717) is 0 Å². The molecule has 0 radical (unpaired) electrons. The molecule has 0 aliphatic rings. The average molecular weight is 667 g/mol. The summed E-state index contributed by atoms with van der Waals surface area (Å²) in [4.78, 5) is 0. The summed E-state index contributed by atoms with van der Waals surface area (Å²) in [6, 6.07) is 57.0. The minimum atomic E-state index is 0.865. The fourth-order valence-corrected chi connectivity index (χ4v) is 9.86. The maximum atomic E-state index is 6.70. The van der Waals surface area contributed by atoms with Crippen molar-refractivity contribution in [2.45, 2.75) is 0 Å². The highest BCUT2D eigenvalue weighted by Crippen LogP contribution is 2.49. The highest BCUT2D eigenvalue weighted by atomic mass is 32.1. The Morgan fingerprint density at radius 3 is 1.80 bits per heavy atom. The van der Waals surface area contributed by atoms with Gasteiger partial charge >= 0.3 is 0 Å². The van der Waals surface area contributed by atoms with E-state index in [9.17, 15) is 0 Å². The van der Waals surface area contributed by atoms with Crippen LogP contribution in [0.1, 0.15) is 0 Å². The van der Waals surface area contributed by atoms with E-state index in [2.05, 4.69) is 146 Å². The van der Waals surface area contributed by atoms with Gasteiger partial charge in [0.05, 0.1) is 0 Å². The van der Waals surface area contributed by atoms with Gasteiger partial charge in [0, 0.05) is 47.1 Å². The lowest BCUT2D eigenvalue weighted by Gasteiger charge is -2.18. The third-order valence-electron chi connectivity index (χ3n) is 10.9. The van der Waals surface area contributed by atoms with Gasteiger partial charge in [0.15, 0.2) is 0 Å². The molecule has 12 aromatic rings. The number of rotatable bonds is 2. The number of fused-ring (bicyclic) bond motifs is 14. The van der Waals surface area contributed by atoms with Crippen molar-refractivity contribution in [1.82, 2.24) is 0 Å². The van der Waals surface area contributed by atoms with Crippen LogP contribution in [0, 0.1) is 0 Å². The number of thiophene rings is 1. The molecule has 0 aliphatic heterocycles. The molecule has 0 saturated carbocycles. The zero-order chi connectivity index (χ0) is 33.2. The van der Waals surface area contributed by atoms with E-state index in [1.165, 1.54) is 58.4 Å². The van der Waals surface area contributed by atoms with Gasteiger partial charge in [0.2, 0.25) is 0 Å². The quantitative estimate of drug-likeness (QED) is 0.172. The molecule has 0 atom stereocenters. The third-order valence-corrected chi connectivity index (χ3v) is 12.0. The van der Waals surface area contributed by atoms with Crippen molar-refractivity contribution in [3.63, 3.8) is 0 Å². The van der Waals surface area contributed by atoms with Crippen molar-refractivity contribution in [1.29, 1.82) is 0 Å². The predicted molar refractivity (Wildman–Crippen MR) is 217 cm³/mol. The number of para-hydroxylation sites is 1. The first kappa shape index (κ1) is 27.4. The van der Waals surface area contributed by atoms with Gasteiger partial charge in [-0.05, 0) is 91.6 Å². The highest BCUT2D eigenvalue weighted by molar-refractivity contribution is 7.26. The molecular formula is C48H26O2S. The lowest BCUT2D eigenvalue weighted by atomic mass is 9.85. The Morgan fingerprint density at radius 1 is 0.353 bits per heavy atom. The molecule has 0 spiro atoms. The van der Waals surface area contributed by atoms with Crippen LogP contribution in [-0.2, 0) is 0 Å². The molecular weight excluding hydrogens is 641 g/mol. The van der Waals surface area contributed by atoms with E-state index >= 15 is 0 Å². The van der Waals surface area contributed by atoms with Gasteiger partial charge in [-0.25, -0.2) is 0 Å². The van der Waals surface area contributed by atoms with E-state index in [1.54, 1.807) is 0 Å². The van der Waals surface area contributed by atoms with Crippen LogP contribution >= 0.6 is 11.3 Å². The zero-order valence-electron chi connectivity index (χ0n) is 27.2. The number of hydrogen-bond donors (Lipinski definition) is 0. The normalized spacial score (nSPS) is 12.3. The van der Waals surface area contributed by atoms with Crippen LogP contribution in [0.3, 0.4) is 0 Å². The summed E-state index contributed by atoms with van der Waals surface area (Å²) in [5, 5.41) is 14.3. The zero-order valence-corrected chi connectivity index (χ0v) is 28.1. The van der Waals surface area contributed by atoms with Crippen molar-refractivity contribution < 1.29 is 8.83 Å². The first-order chi connectivity index (χ1) is 25.3. The first-order valence-electron chi connectivity index (χ1n) is 17.3. The Hall–Kier alpha value is -6.42. The Labute approximate surface area is 295 Å². The fourth-order valence-electron chi connectivity index (χ4n) is 8.73. The lowest BCUT2D eigenvalue weighted by molar-refractivity contribution is 0.668. The van der Waals surface area contributed by atoms with Crippen molar-refractivity contribution in [2.75, 3.05) is 0 Å². The highest BCUT2D eigenvalue weighted by Gasteiger charge is 2.21. The van der Waals surface area contributed by atoms with Crippen LogP contribution in [0.4, 0.5) is 0 Å². The van der Waals surface area contributed by atoms with Crippen LogP contribution in [0.2, 0.25) is 0 Å². The van der Waals surface area contributed by atoms with E-state index < -0.39 is 0 Å². The van der Waals surface area contributed by atoms with Crippen LogP contribution in [0.5, 0.6) is 0 Å². The van der Waals surface area contributed by atoms with Gasteiger partial charge in [-0.1, -0.05) is 115 Å². The Kier molecular flexibility index (Phi) is 5.41. The molecule has 0 saturated heterocycles. The molecule has 0 aliphatic carbocycles. The molecule has 3 heterocycles. The number of furan rings is 2. The number of benzene rings is 9. The third kappa shape index (κ3) is 3.71. The molecule has 3 heteroatoms. The summed E-state index contributed by atoms with van der Waals surface area (Å²) in [5.41, 5.74) is 8.46. The van der Waals surface area contributed by atoms with Gasteiger partial charge in [0.1, 0.15) is 22.3 Å². The van der Waals surface area contributed by atoms with Crippen molar-refractivity contribution >= 4 is 108 Å². The van der Waals surface area contributed by atoms with Gasteiger partial charge in [0.25, 0.3) is 0 Å². The molecule has 2 nitrogen and oxygen atoms in total. The number of hydrogen-bond acceptors (Lipinski definition) is 3. The predicted octanol–water partition coefficient (Wildman–Crippen LogP) is 14.6. The van der Waals surface area contributed by atoms with Crippen LogP contribution in [-0.4, -0.2) is 0 Å². The average Bonchev–Trinajstić information content (AvgIpc) is 3.88. The Bertz CT molecular complexity index is 3370. The minimum Gasteiger partial charge on any atom is -0.456 e. The van der Waals surface area contributed by atoms with Gasteiger partial charge in [-0.3, -0.25) is 0 Å². The summed E-state index contributed by atoms with van der Waals surface area (Å²) in [6.45, 7) is 0. The van der Waals surface area contributed by atoms with Gasteiger partial charge < -0.3 is 8.83 Å². The second-order valence-electron chi connectivity index (χ2n) is 13.5. The second kappa shape index (κ2) is 10.1. The molecule has 9 aromatic carbocycles. The molecule has 236 valence electrons. The topological polar surface area (TPSA) is 26.3 Å². The van der Waals surface area contributed by atoms with Gasteiger partial charge in [-0.2, -0.15) is 0 Å². The summed E-state index contributed by atoms with van der Waals surface area (Å²) in [6.07, 6.45) is 0. The second-order valence-corrected chi connectivity index (χ2v) is 14.6. The summed E-state index contributed by atoms with van der Waals surface area (Å²) >= 11 is 1.87. The van der Waals surface area contributed by atoms with Gasteiger partial charge in [-0.15, -0.1) is 11.3 Å². The van der Waals surface area contributed by atoms with E-state index in [4.69, 9.17) is 8.83 Å². The van der Waals surface area contributed by atoms with Crippen LogP contribution in [0.15, 0.2) is 167 Å². The van der Waals surface area contributed by atoms with Crippen LogP contribution < -0.4 is 0 Å². The standard InChI is InChI=1S/C48H26O2S/c1-3-13-32-30(11-1)43(31-12-2-4-14-33(31)45(32)37-16-9-19-42-46(37)36-15-6-8-18-41(36)51-42)28-21-24-35-40(26-28)49-39-25-22-27-20-23-34-29-10-5-7-17-38(29)50-48(34)44(27)47(35)39/h1-26H. The molecule has 0 amide bonds. The molecule has 0 bridgehead atoms. The monoisotopic (exact) mass is 666 g/mol. The van der Waals surface area contributed by atoms with Crippen LogP contribution in [0.25, 0.3) is 119 Å². The first-order valence-corrected chi connectivity index (χ1v) is 18.2. The fraction of sp³-hybridized carbons (Fsp3) is 0. The molecule has 51 heavy (non-hydrogen) atoms. The largest absolute Gasteiger partial charge is 0.456 e. The minimum absolute atomic E-state index is 0.865. The SMILES string of the molecule is c1ccc2c(c1)oc1c2ccc2ccc3oc4cc(-c5c6ccccc6c(-c6cccc7sc8ccccc8c67)c6ccccc56)ccc4c3c21. The van der Waals surface area contributed by atoms with Crippen molar-refractivity contribution in [3.8, 4) is 22.3 Å². The Morgan fingerprint density at radius 2 is 1.00 bits per heavy atom. The van der Waals surface area contributed by atoms with E-state index in [1.807, 2.05) is 23.5 Å². The molecule has 12 rings (SSSR count). The maximum Gasteiger partial charge on any atom is 0.144 e. The molecule has 0 N–H and O–H groups in total. The molecule has 3 aromatic heterocycles. The lowest BCUT2D eigenvalue weighted by Crippen LogP contribution is -1.91.